The first-order valence-electron chi connectivity index (χ1n) is 2.74. The Kier molecular flexibility index (Phi) is 2.18. The molecule has 5 heteroatoms. The molecule has 0 aliphatic rings. The van der Waals surface area contributed by atoms with Gasteiger partial charge in [-0.15, -0.1) is 0 Å². The zero-order chi connectivity index (χ0) is 7.56. The summed E-state index contributed by atoms with van der Waals surface area (Å²) in [4.78, 5) is 3.87. The van der Waals surface area contributed by atoms with Gasteiger partial charge in [0.1, 0.15) is 11.6 Å². The normalized spacial score (nSPS) is 13.4. The summed E-state index contributed by atoms with van der Waals surface area (Å²) in [6.07, 6.45) is 3.34. The SMILES string of the molecule is Cn1ccnc1CS(=O)O. The van der Waals surface area contributed by atoms with Crippen LogP contribution in [0.2, 0.25) is 0 Å². The third-order valence-electron chi connectivity index (χ3n) is 1.17. The average molecular weight is 160 g/mol. The standard InChI is InChI=1S/C5H8N2O2S/c1-7-3-2-6-5(7)4-10(8)9/h2-3H,4H2,1H3,(H,8,9). The Balaban J connectivity index is 2.74. The Bertz CT molecular complexity index is 246. The van der Waals surface area contributed by atoms with Crippen LogP contribution >= 0.6 is 0 Å². The van der Waals surface area contributed by atoms with Crippen LogP contribution in [0.25, 0.3) is 0 Å². The molecule has 0 fully saturated rings. The summed E-state index contributed by atoms with van der Waals surface area (Å²) in [6.45, 7) is 0. The van der Waals surface area contributed by atoms with Crippen molar-refractivity contribution >= 4 is 11.1 Å². The van der Waals surface area contributed by atoms with Crippen molar-refractivity contribution < 1.29 is 8.76 Å². The van der Waals surface area contributed by atoms with Crippen molar-refractivity contribution in [2.45, 2.75) is 5.75 Å². The predicted molar refractivity (Wildman–Crippen MR) is 37.7 cm³/mol. The molecular weight excluding hydrogens is 152 g/mol. The maximum Gasteiger partial charge on any atom is 0.160 e. The van der Waals surface area contributed by atoms with E-state index in [1.54, 1.807) is 24.0 Å². The third-order valence-corrected chi connectivity index (χ3v) is 1.68. The van der Waals surface area contributed by atoms with Crippen molar-refractivity contribution in [3.63, 3.8) is 0 Å². The van der Waals surface area contributed by atoms with Crippen LogP contribution in [-0.2, 0) is 23.9 Å². The summed E-state index contributed by atoms with van der Waals surface area (Å²) in [7, 11) is 1.79. The van der Waals surface area contributed by atoms with E-state index in [9.17, 15) is 4.21 Å². The lowest BCUT2D eigenvalue weighted by molar-refractivity contribution is 0.560. The summed E-state index contributed by atoms with van der Waals surface area (Å²) in [5, 5.41) is 0. The van der Waals surface area contributed by atoms with Crippen LogP contribution in [-0.4, -0.2) is 18.3 Å². The molecule has 0 saturated heterocycles. The van der Waals surface area contributed by atoms with Crippen LogP contribution in [0.1, 0.15) is 5.82 Å². The molecule has 1 aromatic heterocycles. The summed E-state index contributed by atoms with van der Waals surface area (Å²) in [5.74, 6) is 0.726. The summed E-state index contributed by atoms with van der Waals surface area (Å²) in [6, 6.07) is 0. The van der Waals surface area contributed by atoms with E-state index in [0.717, 1.165) is 0 Å². The highest BCUT2D eigenvalue weighted by atomic mass is 32.2. The third kappa shape index (κ3) is 1.65. The van der Waals surface area contributed by atoms with Crippen molar-refractivity contribution in [1.82, 2.24) is 9.55 Å². The first-order chi connectivity index (χ1) is 4.70. The van der Waals surface area contributed by atoms with Crippen LogP contribution < -0.4 is 0 Å². The summed E-state index contributed by atoms with van der Waals surface area (Å²) < 4.78 is 20.5. The Morgan fingerprint density at radius 3 is 3.00 bits per heavy atom. The van der Waals surface area contributed by atoms with Crippen LogP contribution in [0.5, 0.6) is 0 Å². The van der Waals surface area contributed by atoms with Gasteiger partial charge in [-0.05, 0) is 0 Å². The van der Waals surface area contributed by atoms with E-state index in [-0.39, 0.29) is 5.75 Å². The molecule has 0 bridgehead atoms. The largest absolute Gasteiger partial charge is 0.337 e. The van der Waals surface area contributed by atoms with Gasteiger partial charge in [-0.1, -0.05) is 0 Å². The van der Waals surface area contributed by atoms with E-state index < -0.39 is 11.1 Å². The fraction of sp³-hybridized carbons (Fsp3) is 0.400. The number of aromatic nitrogens is 2. The van der Waals surface area contributed by atoms with E-state index in [0.29, 0.717) is 5.82 Å². The van der Waals surface area contributed by atoms with Gasteiger partial charge >= 0.3 is 0 Å². The average Bonchev–Trinajstić information content (AvgIpc) is 2.15. The number of rotatable bonds is 2. The quantitative estimate of drug-likeness (QED) is 0.626. The molecule has 0 aliphatic carbocycles. The van der Waals surface area contributed by atoms with Gasteiger partial charge in [0.25, 0.3) is 0 Å². The molecule has 1 heterocycles. The Morgan fingerprint density at radius 2 is 2.60 bits per heavy atom. The Morgan fingerprint density at radius 1 is 1.90 bits per heavy atom. The van der Waals surface area contributed by atoms with Gasteiger partial charge in [-0.3, -0.25) is 0 Å². The van der Waals surface area contributed by atoms with Gasteiger partial charge in [0.15, 0.2) is 11.1 Å². The van der Waals surface area contributed by atoms with Gasteiger partial charge in [0, 0.05) is 19.4 Å². The molecular formula is C5H8N2O2S. The fourth-order valence-corrected chi connectivity index (χ4v) is 1.15. The molecule has 56 valence electrons. The van der Waals surface area contributed by atoms with E-state index in [1.165, 1.54) is 0 Å². The zero-order valence-electron chi connectivity index (χ0n) is 5.52. The van der Waals surface area contributed by atoms with Crippen LogP contribution in [0.15, 0.2) is 12.4 Å². The first-order valence-corrected chi connectivity index (χ1v) is 4.01. The van der Waals surface area contributed by atoms with E-state index >= 15 is 0 Å². The molecule has 1 unspecified atom stereocenters. The lowest BCUT2D eigenvalue weighted by atomic mass is 10.7. The highest BCUT2D eigenvalue weighted by Crippen LogP contribution is 1.96. The molecule has 0 aromatic carbocycles. The second kappa shape index (κ2) is 2.94. The summed E-state index contributed by atoms with van der Waals surface area (Å²) in [5.41, 5.74) is 0. The minimum absolute atomic E-state index is 0.101. The van der Waals surface area contributed by atoms with Gasteiger partial charge in [0.2, 0.25) is 0 Å². The smallest absolute Gasteiger partial charge is 0.160 e. The molecule has 0 amide bonds. The van der Waals surface area contributed by atoms with Crippen molar-refractivity contribution in [3.8, 4) is 0 Å². The van der Waals surface area contributed by atoms with E-state index in [2.05, 4.69) is 4.98 Å². The van der Waals surface area contributed by atoms with Crippen molar-refractivity contribution in [2.24, 2.45) is 7.05 Å². The van der Waals surface area contributed by atoms with E-state index in [1.807, 2.05) is 0 Å². The number of hydrogen-bond acceptors (Lipinski definition) is 2. The lowest BCUT2D eigenvalue weighted by Crippen LogP contribution is -2.00. The molecule has 10 heavy (non-hydrogen) atoms. The summed E-state index contributed by atoms with van der Waals surface area (Å²) >= 11 is -1.79. The molecule has 1 rings (SSSR count). The van der Waals surface area contributed by atoms with Gasteiger partial charge in [0.05, 0.1) is 0 Å². The molecule has 1 atom stereocenters. The predicted octanol–water partition coefficient (Wildman–Crippen LogP) is 0.142. The van der Waals surface area contributed by atoms with Crippen molar-refractivity contribution in [1.29, 1.82) is 0 Å². The second-order valence-corrected chi connectivity index (χ2v) is 2.85. The van der Waals surface area contributed by atoms with Crippen LogP contribution in [0, 0.1) is 0 Å². The molecule has 0 saturated carbocycles. The first kappa shape index (κ1) is 7.43. The van der Waals surface area contributed by atoms with Gasteiger partial charge < -0.3 is 9.12 Å². The van der Waals surface area contributed by atoms with Crippen LogP contribution in [0.4, 0.5) is 0 Å². The molecule has 0 spiro atoms. The Labute approximate surface area is 61.2 Å². The van der Waals surface area contributed by atoms with Gasteiger partial charge in [-0.25, -0.2) is 9.19 Å². The van der Waals surface area contributed by atoms with Crippen LogP contribution in [0.3, 0.4) is 0 Å². The molecule has 1 aromatic rings. The van der Waals surface area contributed by atoms with Crippen molar-refractivity contribution in [2.75, 3.05) is 0 Å². The second-order valence-electron chi connectivity index (χ2n) is 1.92. The molecule has 0 aliphatic heterocycles. The topological polar surface area (TPSA) is 55.1 Å². The van der Waals surface area contributed by atoms with Crippen molar-refractivity contribution in [3.05, 3.63) is 18.2 Å². The Hall–Kier alpha value is -0.680. The van der Waals surface area contributed by atoms with Gasteiger partial charge in [-0.2, -0.15) is 0 Å². The highest BCUT2D eigenvalue weighted by molar-refractivity contribution is 7.78. The monoisotopic (exact) mass is 160 g/mol. The fourth-order valence-electron chi connectivity index (χ4n) is 0.646. The number of imidazole rings is 1. The highest BCUT2D eigenvalue weighted by Gasteiger charge is 2.01. The zero-order valence-corrected chi connectivity index (χ0v) is 6.34. The minimum atomic E-state index is -1.79. The molecule has 0 radical (unpaired) electrons. The lowest BCUT2D eigenvalue weighted by Gasteiger charge is -1.95. The number of hydrogen-bond donors (Lipinski definition) is 1. The molecule has 4 nitrogen and oxygen atoms in total. The van der Waals surface area contributed by atoms with E-state index in [4.69, 9.17) is 4.55 Å². The number of nitrogens with zero attached hydrogens (tertiary/aromatic N) is 2. The number of aryl methyl sites for hydroxylation is 1. The minimum Gasteiger partial charge on any atom is -0.337 e. The maximum atomic E-state index is 10.3. The maximum absolute atomic E-state index is 10.3. The molecule has 1 N–H and O–H groups in total.